The summed E-state index contributed by atoms with van der Waals surface area (Å²) in [5, 5.41) is 9.14. The summed E-state index contributed by atoms with van der Waals surface area (Å²) in [6.45, 7) is 7.27. The number of H-pyrrole nitrogens is 1. The summed E-state index contributed by atoms with van der Waals surface area (Å²) in [6.07, 6.45) is -0.581. The molecule has 29 heavy (non-hydrogen) atoms. The van der Waals surface area contributed by atoms with Gasteiger partial charge in [0.1, 0.15) is 11.6 Å². The molecule has 0 aliphatic carbocycles. The second-order valence-electron chi connectivity index (χ2n) is 6.72. The van der Waals surface area contributed by atoms with Crippen molar-refractivity contribution in [2.45, 2.75) is 46.6 Å². The van der Waals surface area contributed by atoms with Gasteiger partial charge in [-0.05, 0) is 57.4 Å². The van der Waals surface area contributed by atoms with Crippen molar-refractivity contribution in [1.82, 2.24) is 4.98 Å². The number of nitriles is 1. The van der Waals surface area contributed by atoms with Gasteiger partial charge in [-0.3, -0.25) is 14.4 Å². The number of anilines is 1. The Hall–Kier alpha value is -3.40. The standard InChI is InChI=1S/C22H25N3O4/c1-5-25(17-9-7-6-8-10-17)22(28)16(4)29-20(26)12-11-18-14(2)19(13-23)21(27)24-15(18)3/h6-10,16H,5,11-12H2,1-4H3,(H,24,27)/t16-/m0/s1. The number of benzene rings is 1. The minimum absolute atomic E-state index is 0.0354. The number of nitrogens with zero attached hydrogens (tertiary/aromatic N) is 2. The Morgan fingerprint density at radius 2 is 1.90 bits per heavy atom. The lowest BCUT2D eigenvalue weighted by atomic mass is 9.99. The van der Waals surface area contributed by atoms with Gasteiger partial charge < -0.3 is 14.6 Å². The number of para-hydroxylation sites is 1. The van der Waals surface area contributed by atoms with Gasteiger partial charge in [0.15, 0.2) is 6.10 Å². The first-order valence-corrected chi connectivity index (χ1v) is 9.48. The van der Waals surface area contributed by atoms with Crippen LogP contribution in [0.25, 0.3) is 0 Å². The second kappa shape index (κ2) is 9.69. The maximum Gasteiger partial charge on any atom is 0.306 e. The van der Waals surface area contributed by atoms with Crippen molar-refractivity contribution in [3.8, 4) is 6.07 Å². The van der Waals surface area contributed by atoms with Gasteiger partial charge in [0, 0.05) is 24.3 Å². The molecule has 1 heterocycles. The van der Waals surface area contributed by atoms with E-state index in [2.05, 4.69) is 4.98 Å². The first kappa shape index (κ1) is 21.9. The number of hydrogen-bond donors (Lipinski definition) is 1. The summed E-state index contributed by atoms with van der Waals surface area (Å²) < 4.78 is 5.33. The fourth-order valence-electron chi connectivity index (χ4n) is 3.25. The molecule has 1 N–H and O–H groups in total. The lowest BCUT2D eigenvalue weighted by molar-refractivity contribution is -0.153. The maximum atomic E-state index is 12.7. The zero-order chi connectivity index (χ0) is 21.6. The number of rotatable bonds is 7. The average Bonchev–Trinajstić information content (AvgIpc) is 2.69. The summed E-state index contributed by atoms with van der Waals surface area (Å²) in [7, 11) is 0. The summed E-state index contributed by atoms with van der Waals surface area (Å²) in [4.78, 5) is 41.0. The van der Waals surface area contributed by atoms with Crippen LogP contribution in [0.1, 0.15) is 42.7 Å². The molecular weight excluding hydrogens is 370 g/mol. The van der Waals surface area contributed by atoms with Gasteiger partial charge in [0.05, 0.1) is 0 Å². The third-order valence-corrected chi connectivity index (χ3v) is 4.81. The van der Waals surface area contributed by atoms with E-state index >= 15 is 0 Å². The van der Waals surface area contributed by atoms with Gasteiger partial charge in [-0.1, -0.05) is 18.2 Å². The fourth-order valence-corrected chi connectivity index (χ4v) is 3.25. The molecule has 0 fully saturated rings. The summed E-state index contributed by atoms with van der Waals surface area (Å²) >= 11 is 0. The van der Waals surface area contributed by atoms with E-state index in [1.165, 1.54) is 0 Å². The molecule has 0 bridgehead atoms. The number of likely N-dealkylation sites (N-methyl/N-ethyl adjacent to an activating group) is 1. The number of aromatic nitrogens is 1. The van der Waals surface area contributed by atoms with E-state index in [1.54, 1.807) is 25.7 Å². The highest BCUT2D eigenvalue weighted by molar-refractivity contribution is 5.97. The molecule has 0 aliphatic rings. The van der Waals surface area contributed by atoms with Crippen LogP contribution in [0.5, 0.6) is 0 Å². The number of carbonyl (C=O) groups excluding carboxylic acids is 2. The molecule has 1 aromatic carbocycles. The Morgan fingerprint density at radius 3 is 2.48 bits per heavy atom. The van der Waals surface area contributed by atoms with Crippen LogP contribution in [-0.4, -0.2) is 29.5 Å². The normalized spacial score (nSPS) is 11.4. The molecule has 0 radical (unpaired) electrons. The van der Waals surface area contributed by atoms with Crippen molar-refractivity contribution < 1.29 is 14.3 Å². The van der Waals surface area contributed by atoms with E-state index in [9.17, 15) is 14.4 Å². The van der Waals surface area contributed by atoms with Crippen LogP contribution in [0.2, 0.25) is 0 Å². The number of aryl methyl sites for hydroxylation is 1. The SMILES string of the molecule is CCN(C(=O)[C@H](C)OC(=O)CCc1c(C)[nH]c(=O)c(C#N)c1C)c1ccccc1. The lowest BCUT2D eigenvalue weighted by Crippen LogP contribution is -2.40. The Kier molecular flexibility index (Phi) is 7.32. The molecule has 7 heteroatoms. The number of carbonyl (C=O) groups is 2. The third-order valence-electron chi connectivity index (χ3n) is 4.81. The Bertz CT molecular complexity index is 990. The molecule has 0 saturated carbocycles. The highest BCUT2D eigenvalue weighted by Gasteiger charge is 2.24. The third kappa shape index (κ3) is 5.11. The quantitative estimate of drug-likeness (QED) is 0.726. The summed E-state index contributed by atoms with van der Waals surface area (Å²) in [5.74, 6) is -0.811. The zero-order valence-electron chi connectivity index (χ0n) is 17.1. The van der Waals surface area contributed by atoms with E-state index in [1.807, 2.05) is 43.3 Å². The van der Waals surface area contributed by atoms with E-state index in [0.717, 1.165) is 11.3 Å². The number of esters is 1. The first-order valence-electron chi connectivity index (χ1n) is 9.48. The van der Waals surface area contributed by atoms with Gasteiger partial charge in [0.25, 0.3) is 11.5 Å². The second-order valence-corrected chi connectivity index (χ2v) is 6.72. The molecule has 152 valence electrons. The van der Waals surface area contributed by atoms with Crippen molar-refractivity contribution in [3.63, 3.8) is 0 Å². The number of nitrogens with one attached hydrogen (secondary N) is 1. The summed E-state index contributed by atoms with van der Waals surface area (Å²) in [6, 6.07) is 11.1. The average molecular weight is 395 g/mol. The van der Waals surface area contributed by atoms with Gasteiger partial charge in [-0.15, -0.1) is 0 Å². The first-order chi connectivity index (χ1) is 13.8. The predicted molar refractivity (Wildman–Crippen MR) is 110 cm³/mol. The van der Waals surface area contributed by atoms with Crippen LogP contribution in [0.3, 0.4) is 0 Å². The van der Waals surface area contributed by atoms with E-state index < -0.39 is 17.6 Å². The molecule has 2 aromatic rings. The van der Waals surface area contributed by atoms with Crippen LogP contribution in [0.15, 0.2) is 35.1 Å². The molecule has 2 rings (SSSR count). The minimum Gasteiger partial charge on any atom is -0.453 e. The van der Waals surface area contributed by atoms with Crippen molar-refractivity contribution in [2.24, 2.45) is 0 Å². The summed E-state index contributed by atoms with van der Waals surface area (Å²) in [5.41, 5.74) is 2.26. The van der Waals surface area contributed by atoms with Crippen molar-refractivity contribution >= 4 is 17.6 Å². The molecular formula is C22H25N3O4. The molecule has 0 unspecified atom stereocenters. The van der Waals surface area contributed by atoms with Crippen LogP contribution in [0, 0.1) is 25.2 Å². The van der Waals surface area contributed by atoms with Gasteiger partial charge >= 0.3 is 5.97 Å². The molecule has 0 spiro atoms. The molecule has 1 amide bonds. The fraction of sp³-hybridized carbons (Fsp3) is 0.364. The number of pyridine rings is 1. The van der Waals surface area contributed by atoms with Crippen LogP contribution in [-0.2, 0) is 20.7 Å². The highest BCUT2D eigenvalue weighted by atomic mass is 16.5. The number of hydrogen-bond acceptors (Lipinski definition) is 5. The maximum absolute atomic E-state index is 12.7. The largest absolute Gasteiger partial charge is 0.453 e. The molecule has 1 aromatic heterocycles. The molecule has 1 atom stereocenters. The topological polar surface area (TPSA) is 103 Å². The Labute approximate surface area is 169 Å². The van der Waals surface area contributed by atoms with Gasteiger partial charge in [-0.25, -0.2) is 0 Å². The van der Waals surface area contributed by atoms with Crippen LogP contribution in [0.4, 0.5) is 5.69 Å². The van der Waals surface area contributed by atoms with Crippen LogP contribution < -0.4 is 10.5 Å². The van der Waals surface area contributed by atoms with E-state index in [-0.39, 0.29) is 17.9 Å². The van der Waals surface area contributed by atoms with E-state index in [0.29, 0.717) is 24.2 Å². The minimum atomic E-state index is -0.921. The molecule has 0 aliphatic heterocycles. The molecule has 0 saturated heterocycles. The highest BCUT2D eigenvalue weighted by Crippen LogP contribution is 2.17. The smallest absolute Gasteiger partial charge is 0.306 e. The monoisotopic (exact) mass is 395 g/mol. The predicted octanol–water partition coefficient (Wildman–Crippen LogP) is 2.78. The van der Waals surface area contributed by atoms with Crippen molar-refractivity contribution in [1.29, 1.82) is 5.26 Å². The number of amides is 1. The number of aromatic amines is 1. The van der Waals surface area contributed by atoms with Crippen molar-refractivity contribution in [3.05, 3.63) is 63.1 Å². The molecule has 7 nitrogen and oxygen atoms in total. The van der Waals surface area contributed by atoms with Gasteiger partial charge in [0.2, 0.25) is 0 Å². The number of ether oxygens (including phenoxy) is 1. The Morgan fingerprint density at radius 1 is 1.24 bits per heavy atom. The van der Waals surface area contributed by atoms with E-state index in [4.69, 9.17) is 10.00 Å². The van der Waals surface area contributed by atoms with Gasteiger partial charge in [-0.2, -0.15) is 5.26 Å². The van der Waals surface area contributed by atoms with Crippen LogP contribution >= 0.6 is 0 Å². The Balaban J connectivity index is 2.03. The zero-order valence-corrected chi connectivity index (χ0v) is 17.1. The van der Waals surface area contributed by atoms with Crippen molar-refractivity contribution in [2.75, 3.05) is 11.4 Å². The lowest BCUT2D eigenvalue weighted by Gasteiger charge is -2.24.